The van der Waals surface area contributed by atoms with E-state index in [0.29, 0.717) is 0 Å². The zero-order chi connectivity index (χ0) is 8.10. The molecule has 56 valence electrons. The number of carbonyl (C=O) groups is 1. The van der Waals surface area contributed by atoms with Crippen LogP contribution in [0.5, 0.6) is 0 Å². The van der Waals surface area contributed by atoms with Crippen molar-refractivity contribution in [2.45, 2.75) is 6.42 Å². The molecule has 1 aromatic heterocycles. The average Bonchev–Trinajstić information content (AvgIpc) is 2.06. The summed E-state index contributed by atoms with van der Waals surface area (Å²) < 4.78 is 0. The molecular weight excluding hydrogens is 144 g/mol. The second-order valence-corrected chi connectivity index (χ2v) is 2.02. The second kappa shape index (κ2) is 3.55. The first-order chi connectivity index (χ1) is 5.33. The Kier molecular flexibility index (Phi) is 2.43. The molecule has 11 heavy (non-hydrogen) atoms. The van der Waals surface area contributed by atoms with Gasteiger partial charge in [-0.1, -0.05) is 0 Å². The van der Waals surface area contributed by atoms with Crippen molar-refractivity contribution in [1.29, 1.82) is 0 Å². The van der Waals surface area contributed by atoms with Crippen LogP contribution in [0, 0.1) is 4.91 Å². The number of pyridine rings is 1. The molecule has 0 fully saturated rings. The number of hydrogen-bond donors (Lipinski definition) is 0. The summed E-state index contributed by atoms with van der Waals surface area (Å²) >= 11 is 0. The number of aromatic nitrogens is 1. The topological polar surface area (TPSA) is 59.4 Å². The molecule has 0 saturated carbocycles. The molecular formula is C7H6N2O2. The van der Waals surface area contributed by atoms with Gasteiger partial charge in [0.2, 0.25) is 0 Å². The van der Waals surface area contributed by atoms with Gasteiger partial charge >= 0.3 is 0 Å². The Balaban J connectivity index is 2.65. The molecule has 0 bridgehead atoms. The van der Waals surface area contributed by atoms with Gasteiger partial charge in [0.05, 0.1) is 6.42 Å². The molecule has 0 N–H and O–H groups in total. The highest BCUT2D eigenvalue weighted by Crippen LogP contribution is 1.97. The van der Waals surface area contributed by atoms with E-state index in [2.05, 4.69) is 10.2 Å². The average molecular weight is 150 g/mol. The van der Waals surface area contributed by atoms with E-state index in [1.807, 2.05) is 0 Å². The number of amides is 1. The monoisotopic (exact) mass is 150 g/mol. The van der Waals surface area contributed by atoms with Crippen LogP contribution < -0.4 is 0 Å². The standard InChI is InChI=1S/C7H6N2O2/c10-7(9-11)5-6-1-3-8-4-2-6/h1-4H,5H2. The smallest absolute Gasteiger partial charge is 0.269 e. The number of nitroso groups, excluding NO2 is 1. The minimum atomic E-state index is -0.656. The van der Waals surface area contributed by atoms with Crippen LogP contribution in [0.2, 0.25) is 0 Å². The van der Waals surface area contributed by atoms with Crippen LogP contribution >= 0.6 is 0 Å². The lowest BCUT2D eigenvalue weighted by atomic mass is 10.2. The zero-order valence-electron chi connectivity index (χ0n) is 5.73. The molecule has 0 atom stereocenters. The fourth-order valence-corrected chi connectivity index (χ4v) is 0.708. The summed E-state index contributed by atoms with van der Waals surface area (Å²) in [5, 5.41) is 2.27. The molecule has 4 heteroatoms. The van der Waals surface area contributed by atoms with Crippen LogP contribution in [0.25, 0.3) is 0 Å². The van der Waals surface area contributed by atoms with E-state index in [1.165, 1.54) is 0 Å². The summed E-state index contributed by atoms with van der Waals surface area (Å²) in [6.45, 7) is 0. The van der Waals surface area contributed by atoms with Gasteiger partial charge in [-0.3, -0.25) is 9.78 Å². The highest BCUT2D eigenvalue weighted by molar-refractivity contribution is 5.79. The lowest BCUT2D eigenvalue weighted by Gasteiger charge is -1.91. The first-order valence-electron chi connectivity index (χ1n) is 3.08. The van der Waals surface area contributed by atoms with Gasteiger partial charge in [-0.2, -0.15) is 0 Å². The van der Waals surface area contributed by atoms with Gasteiger partial charge in [0, 0.05) is 17.6 Å². The van der Waals surface area contributed by atoms with Gasteiger partial charge in [-0.15, -0.1) is 4.91 Å². The zero-order valence-corrected chi connectivity index (χ0v) is 5.73. The number of carbonyl (C=O) groups excluding carboxylic acids is 1. The number of rotatable bonds is 2. The Bertz CT molecular complexity index is 258. The van der Waals surface area contributed by atoms with Crippen molar-refractivity contribution in [3.8, 4) is 0 Å². The molecule has 0 aliphatic rings. The molecule has 0 spiro atoms. The first-order valence-corrected chi connectivity index (χ1v) is 3.08. The van der Waals surface area contributed by atoms with Gasteiger partial charge in [-0.25, -0.2) is 0 Å². The third-order valence-corrected chi connectivity index (χ3v) is 1.21. The lowest BCUT2D eigenvalue weighted by molar-refractivity contribution is -0.117. The lowest BCUT2D eigenvalue weighted by Crippen LogP contribution is -1.96. The van der Waals surface area contributed by atoms with Crippen molar-refractivity contribution in [3.05, 3.63) is 35.0 Å². The number of nitrogens with zero attached hydrogens (tertiary/aromatic N) is 2. The van der Waals surface area contributed by atoms with Crippen LogP contribution in [0.1, 0.15) is 5.56 Å². The summed E-state index contributed by atoms with van der Waals surface area (Å²) in [6, 6.07) is 3.34. The van der Waals surface area contributed by atoms with E-state index in [1.54, 1.807) is 24.5 Å². The van der Waals surface area contributed by atoms with Crippen LogP contribution in [0.15, 0.2) is 29.7 Å². The SMILES string of the molecule is O=NC(=O)Cc1ccncc1. The molecule has 0 radical (unpaired) electrons. The Hall–Kier alpha value is -1.58. The molecule has 1 rings (SSSR count). The molecule has 0 saturated heterocycles. The van der Waals surface area contributed by atoms with Gasteiger partial charge in [0.15, 0.2) is 0 Å². The third kappa shape index (κ3) is 2.25. The fourth-order valence-electron chi connectivity index (χ4n) is 0.708. The van der Waals surface area contributed by atoms with Gasteiger partial charge in [0.25, 0.3) is 5.91 Å². The van der Waals surface area contributed by atoms with E-state index in [4.69, 9.17) is 0 Å². The van der Waals surface area contributed by atoms with Crippen LogP contribution in [-0.2, 0) is 11.2 Å². The van der Waals surface area contributed by atoms with Crippen molar-refractivity contribution in [2.24, 2.45) is 5.18 Å². The Labute approximate surface area is 63.2 Å². The van der Waals surface area contributed by atoms with E-state index < -0.39 is 5.91 Å². The van der Waals surface area contributed by atoms with E-state index in [0.717, 1.165) is 5.56 Å². The minimum absolute atomic E-state index is 0.0615. The third-order valence-electron chi connectivity index (χ3n) is 1.21. The van der Waals surface area contributed by atoms with Crippen LogP contribution in [0.4, 0.5) is 0 Å². The maximum atomic E-state index is 10.5. The van der Waals surface area contributed by atoms with E-state index in [-0.39, 0.29) is 6.42 Å². The molecule has 0 aliphatic carbocycles. The minimum Gasteiger partial charge on any atom is -0.269 e. The summed E-state index contributed by atoms with van der Waals surface area (Å²) in [7, 11) is 0. The van der Waals surface area contributed by atoms with Crippen LogP contribution in [-0.4, -0.2) is 10.9 Å². The second-order valence-electron chi connectivity index (χ2n) is 2.02. The molecule has 4 nitrogen and oxygen atoms in total. The maximum absolute atomic E-state index is 10.5. The predicted molar refractivity (Wildman–Crippen MR) is 38.7 cm³/mol. The summed E-state index contributed by atoms with van der Waals surface area (Å²) in [4.78, 5) is 23.9. The van der Waals surface area contributed by atoms with Gasteiger partial charge in [-0.05, 0) is 17.7 Å². The fraction of sp³-hybridized carbons (Fsp3) is 0.143. The highest BCUT2D eigenvalue weighted by atomic mass is 16.3. The molecule has 1 heterocycles. The molecule has 0 aromatic carbocycles. The normalized spacial score (nSPS) is 9.09. The van der Waals surface area contributed by atoms with Crippen molar-refractivity contribution in [2.75, 3.05) is 0 Å². The maximum Gasteiger partial charge on any atom is 0.290 e. The molecule has 1 aromatic rings. The van der Waals surface area contributed by atoms with Crippen molar-refractivity contribution >= 4 is 5.91 Å². The molecule has 0 unspecified atom stereocenters. The Morgan fingerprint density at radius 2 is 2.09 bits per heavy atom. The summed E-state index contributed by atoms with van der Waals surface area (Å²) in [5.74, 6) is -0.656. The van der Waals surface area contributed by atoms with Crippen molar-refractivity contribution in [3.63, 3.8) is 0 Å². The number of hydrogen-bond acceptors (Lipinski definition) is 3. The highest BCUT2D eigenvalue weighted by Gasteiger charge is 2.00. The summed E-state index contributed by atoms with van der Waals surface area (Å²) in [5.41, 5.74) is 0.754. The Morgan fingerprint density at radius 1 is 1.45 bits per heavy atom. The van der Waals surface area contributed by atoms with Crippen molar-refractivity contribution < 1.29 is 4.79 Å². The summed E-state index contributed by atoms with van der Waals surface area (Å²) in [6.07, 6.45) is 3.19. The molecule has 0 aliphatic heterocycles. The first kappa shape index (κ1) is 7.53. The van der Waals surface area contributed by atoms with Crippen molar-refractivity contribution in [1.82, 2.24) is 4.98 Å². The van der Waals surface area contributed by atoms with Gasteiger partial charge < -0.3 is 0 Å². The van der Waals surface area contributed by atoms with E-state index >= 15 is 0 Å². The Morgan fingerprint density at radius 3 is 2.64 bits per heavy atom. The van der Waals surface area contributed by atoms with Gasteiger partial charge in [0.1, 0.15) is 0 Å². The largest absolute Gasteiger partial charge is 0.290 e. The van der Waals surface area contributed by atoms with E-state index in [9.17, 15) is 9.70 Å². The molecule has 1 amide bonds. The van der Waals surface area contributed by atoms with Crippen LogP contribution in [0.3, 0.4) is 0 Å². The predicted octanol–water partition coefficient (Wildman–Crippen LogP) is 0.917. The quantitative estimate of drug-likeness (QED) is 0.589.